The van der Waals surface area contributed by atoms with E-state index >= 15 is 0 Å². The van der Waals surface area contributed by atoms with E-state index in [1.807, 2.05) is 0 Å². The van der Waals surface area contributed by atoms with Crippen LogP contribution in [0.3, 0.4) is 0 Å². The smallest absolute Gasteiger partial charge is 0.416 e. The van der Waals surface area contributed by atoms with Crippen LogP contribution >= 0.6 is 0 Å². The number of methoxy groups -OCH3 is 5. The van der Waals surface area contributed by atoms with Crippen LogP contribution in [-0.2, 0) is 16.2 Å². The Morgan fingerprint density at radius 3 is 1.68 bits per heavy atom. The number of halogens is 3. The Morgan fingerprint density at radius 2 is 1.21 bits per heavy atom. The first-order valence-corrected chi connectivity index (χ1v) is 12.4. The third-order valence-electron chi connectivity index (χ3n) is 5.37. The topological polar surface area (TPSA) is 92.3 Å². The van der Waals surface area contributed by atoms with E-state index in [1.165, 1.54) is 41.6 Å². The number of benzene rings is 3. The van der Waals surface area contributed by atoms with E-state index in [4.69, 9.17) is 23.7 Å². The summed E-state index contributed by atoms with van der Waals surface area (Å²) in [6, 6.07) is 9.93. The fourth-order valence-electron chi connectivity index (χ4n) is 3.59. The van der Waals surface area contributed by atoms with E-state index < -0.39 is 26.7 Å². The fourth-order valence-corrected chi connectivity index (χ4v) is 4.69. The lowest BCUT2D eigenvalue weighted by atomic mass is 10.1. The standard InChI is InChI=1S/C26H26F3NO7S/c1-33-21-12-16(9-10-17-13-22(34-2)25(37-5)23(14-17)35-3)11-20(24(21)36-4)30-38(31,32)19-8-6-7-18(15-19)26(27,28)29/h6-15,30H,1-5H3/b10-9-. The zero-order chi connectivity index (χ0) is 28.1. The molecule has 0 fully saturated rings. The zero-order valence-electron chi connectivity index (χ0n) is 21.2. The summed E-state index contributed by atoms with van der Waals surface area (Å²) in [6.45, 7) is 0. The molecule has 0 spiro atoms. The molecule has 0 amide bonds. The fraction of sp³-hybridized carbons (Fsp3) is 0.231. The number of hydrogen-bond donors (Lipinski definition) is 1. The molecule has 0 heterocycles. The third kappa shape index (κ3) is 6.25. The Bertz CT molecular complexity index is 1410. The van der Waals surface area contributed by atoms with Gasteiger partial charge in [-0.1, -0.05) is 18.2 Å². The predicted molar refractivity (Wildman–Crippen MR) is 137 cm³/mol. The number of hydrogen-bond acceptors (Lipinski definition) is 7. The first-order valence-electron chi connectivity index (χ1n) is 10.9. The molecular weight excluding hydrogens is 527 g/mol. The van der Waals surface area contributed by atoms with Crippen LogP contribution in [0.25, 0.3) is 12.2 Å². The van der Waals surface area contributed by atoms with Crippen molar-refractivity contribution in [2.75, 3.05) is 40.3 Å². The van der Waals surface area contributed by atoms with E-state index in [0.717, 1.165) is 18.2 Å². The summed E-state index contributed by atoms with van der Waals surface area (Å²) in [7, 11) is 2.73. The van der Waals surface area contributed by atoms with Crippen LogP contribution in [0.4, 0.5) is 18.9 Å². The monoisotopic (exact) mass is 553 g/mol. The van der Waals surface area contributed by atoms with E-state index in [2.05, 4.69) is 4.72 Å². The average molecular weight is 554 g/mol. The molecule has 0 aliphatic heterocycles. The van der Waals surface area contributed by atoms with Gasteiger partial charge in [-0.05, 0) is 53.6 Å². The highest BCUT2D eigenvalue weighted by Gasteiger charge is 2.32. The van der Waals surface area contributed by atoms with Crippen molar-refractivity contribution in [2.45, 2.75) is 11.1 Å². The van der Waals surface area contributed by atoms with Gasteiger partial charge in [0.05, 0.1) is 51.7 Å². The van der Waals surface area contributed by atoms with Gasteiger partial charge in [-0.25, -0.2) is 8.42 Å². The second kappa shape index (κ2) is 11.5. The Morgan fingerprint density at radius 1 is 0.711 bits per heavy atom. The van der Waals surface area contributed by atoms with Crippen molar-refractivity contribution in [3.63, 3.8) is 0 Å². The first-order chi connectivity index (χ1) is 18.0. The quantitative estimate of drug-likeness (QED) is 0.321. The second-order valence-corrected chi connectivity index (χ2v) is 9.41. The van der Waals surface area contributed by atoms with Gasteiger partial charge < -0.3 is 23.7 Å². The largest absolute Gasteiger partial charge is 0.493 e. The molecule has 12 heteroatoms. The van der Waals surface area contributed by atoms with Crippen LogP contribution in [0, 0.1) is 0 Å². The Labute approximate surface area is 218 Å². The van der Waals surface area contributed by atoms with Crippen molar-refractivity contribution < 1.29 is 45.3 Å². The normalized spacial score (nSPS) is 11.8. The summed E-state index contributed by atoms with van der Waals surface area (Å²) >= 11 is 0. The molecule has 204 valence electrons. The second-order valence-electron chi connectivity index (χ2n) is 7.73. The van der Waals surface area contributed by atoms with Gasteiger partial charge in [0.1, 0.15) is 0 Å². The number of sulfonamides is 1. The molecule has 8 nitrogen and oxygen atoms in total. The van der Waals surface area contributed by atoms with Gasteiger partial charge in [-0.2, -0.15) is 13.2 Å². The predicted octanol–water partition coefficient (Wildman–Crippen LogP) is 5.72. The molecule has 0 aliphatic rings. The molecule has 0 unspecified atom stereocenters. The maximum Gasteiger partial charge on any atom is 0.416 e. The summed E-state index contributed by atoms with van der Waals surface area (Å²) in [4.78, 5) is -0.563. The Kier molecular flexibility index (Phi) is 8.67. The molecule has 3 aromatic carbocycles. The molecule has 0 aromatic heterocycles. The summed E-state index contributed by atoms with van der Waals surface area (Å²) in [5.74, 6) is 1.54. The zero-order valence-corrected chi connectivity index (χ0v) is 22.0. The highest BCUT2D eigenvalue weighted by molar-refractivity contribution is 7.92. The van der Waals surface area contributed by atoms with Crippen LogP contribution < -0.4 is 28.4 Å². The number of anilines is 1. The molecule has 3 rings (SSSR count). The van der Waals surface area contributed by atoms with E-state index in [0.29, 0.717) is 34.4 Å². The first kappa shape index (κ1) is 28.5. The molecule has 0 aliphatic carbocycles. The van der Waals surface area contributed by atoms with E-state index in [9.17, 15) is 21.6 Å². The molecule has 3 aromatic rings. The van der Waals surface area contributed by atoms with Crippen molar-refractivity contribution in [3.05, 3.63) is 65.2 Å². The molecule has 1 N–H and O–H groups in total. The van der Waals surface area contributed by atoms with Crippen molar-refractivity contribution in [1.29, 1.82) is 0 Å². The summed E-state index contributed by atoms with van der Waals surface area (Å²) < 4.78 is 94.5. The average Bonchev–Trinajstić information content (AvgIpc) is 2.90. The van der Waals surface area contributed by atoms with Gasteiger partial charge in [0.25, 0.3) is 10.0 Å². The summed E-state index contributed by atoms with van der Waals surface area (Å²) in [6.07, 6.45) is -1.31. The lowest BCUT2D eigenvalue weighted by Gasteiger charge is -2.16. The van der Waals surface area contributed by atoms with Crippen LogP contribution in [0.5, 0.6) is 28.7 Å². The Balaban J connectivity index is 2.04. The molecule has 0 atom stereocenters. The van der Waals surface area contributed by atoms with Gasteiger partial charge >= 0.3 is 6.18 Å². The minimum atomic E-state index is -4.70. The van der Waals surface area contributed by atoms with E-state index in [-0.39, 0.29) is 17.2 Å². The highest BCUT2D eigenvalue weighted by Crippen LogP contribution is 2.40. The van der Waals surface area contributed by atoms with Crippen LogP contribution in [0.15, 0.2) is 53.4 Å². The number of nitrogens with one attached hydrogen (secondary N) is 1. The summed E-state index contributed by atoms with van der Waals surface area (Å²) in [5, 5.41) is 0. The number of rotatable bonds is 10. The molecule has 38 heavy (non-hydrogen) atoms. The molecular formula is C26H26F3NO7S. The van der Waals surface area contributed by atoms with Gasteiger partial charge in [0, 0.05) is 0 Å². The van der Waals surface area contributed by atoms with Crippen molar-refractivity contribution in [1.82, 2.24) is 0 Å². The lowest BCUT2D eigenvalue weighted by Crippen LogP contribution is -2.15. The maximum atomic E-state index is 13.1. The van der Waals surface area contributed by atoms with Crippen molar-refractivity contribution in [3.8, 4) is 28.7 Å². The molecule has 0 saturated carbocycles. The minimum absolute atomic E-state index is 0.0335. The molecule has 0 saturated heterocycles. The van der Waals surface area contributed by atoms with Gasteiger partial charge in [-0.3, -0.25) is 4.72 Å². The SMILES string of the molecule is COc1cc(/C=C\c2cc(OC)c(OC)c(OC)c2)cc(NS(=O)(=O)c2cccc(C(F)(F)F)c2)c1OC. The number of alkyl halides is 3. The van der Waals surface area contributed by atoms with Gasteiger partial charge in [0.15, 0.2) is 23.0 Å². The maximum absolute atomic E-state index is 13.1. The van der Waals surface area contributed by atoms with E-state index in [1.54, 1.807) is 30.4 Å². The molecule has 0 bridgehead atoms. The third-order valence-corrected chi connectivity index (χ3v) is 6.74. The van der Waals surface area contributed by atoms with Crippen molar-refractivity contribution >= 4 is 27.9 Å². The van der Waals surface area contributed by atoms with Crippen molar-refractivity contribution in [2.24, 2.45) is 0 Å². The van der Waals surface area contributed by atoms with Crippen LogP contribution in [0.2, 0.25) is 0 Å². The van der Waals surface area contributed by atoms with Gasteiger partial charge in [0.2, 0.25) is 5.75 Å². The minimum Gasteiger partial charge on any atom is -0.493 e. The number of ether oxygens (including phenoxy) is 5. The lowest BCUT2D eigenvalue weighted by molar-refractivity contribution is -0.137. The van der Waals surface area contributed by atoms with Gasteiger partial charge in [-0.15, -0.1) is 0 Å². The highest BCUT2D eigenvalue weighted by atomic mass is 32.2. The summed E-state index contributed by atoms with van der Waals surface area (Å²) in [5.41, 5.74) is 0.0549. The Hall–Kier alpha value is -4.06. The van der Waals surface area contributed by atoms with Crippen LogP contribution in [0.1, 0.15) is 16.7 Å². The molecule has 0 radical (unpaired) electrons. The van der Waals surface area contributed by atoms with Crippen LogP contribution in [-0.4, -0.2) is 44.0 Å².